The quantitative estimate of drug-likeness (QED) is 0.0605. The predicted octanol–water partition coefficient (Wildman–Crippen LogP) is 13.0. The fraction of sp³-hybridized carbons (Fsp3) is 0.850. The second-order valence-electron chi connectivity index (χ2n) is 12.8. The van der Waals surface area contributed by atoms with Crippen LogP contribution in [0.25, 0.3) is 0 Å². The molecule has 1 aliphatic heterocycles. The van der Waals surface area contributed by atoms with Crippen molar-refractivity contribution in [1.82, 2.24) is 0 Å². The maximum absolute atomic E-state index is 10.3. The molecule has 0 unspecified atom stereocenters. The van der Waals surface area contributed by atoms with Crippen molar-refractivity contribution >= 4 is 11.9 Å². The van der Waals surface area contributed by atoms with Crippen molar-refractivity contribution in [3.63, 3.8) is 0 Å². The van der Waals surface area contributed by atoms with E-state index >= 15 is 0 Å². The molecule has 0 amide bonds. The monoisotopic (exact) mass is 637 g/mol. The van der Waals surface area contributed by atoms with Gasteiger partial charge in [-0.05, 0) is 77.0 Å². The topological polar surface area (TPSA) is 83.8 Å². The molecule has 1 fully saturated rings. The molecular weight excluding hydrogens is 560 g/mol. The van der Waals surface area contributed by atoms with E-state index in [1.807, 2.05) is 0 Å². The highest BCUT2D eigenvalue weighted by Gasteiger charge is 1.97. The maximum Gasteiger partial charge on any atom is 0.303 e. The molecule has 5 nitrogen and oxygen atoms in total. The Labute approximate surface area is 280 Å². The van der Waals surface area contributed by atoms with Gasteiger partial charge in [0.1, 0.15) is 0 Å². The summed E-state index contributed by atoms with van der Waals surface area (Å²) in [5.41, 5.74) is 0. The lowest BCUT2D eigenvalue weighted by Crippen LogP contribution is -1.93. The third-order valence-electron chi connectivity index (χ3n) is 8.13. The average Bonchev–Trinajstić information content (AvgIpc) is 3.62. The summed E-state index contributed by atoms with van der Waals surface area (Å²) in [6, 6.07) is 0. The molecule has 5 heteroatoms. The van der Waals surface area contributed by atoms with Crippen molar-refractivity contribution in [2.45, 2.75) is 206 Å². The second-order valence-corrected chi connectivity index (χ2v) is 12.8. The lowest BCUT2D eigenvalue weighted by Gasteiger charge is -1.99. The summed E-state index contributed by atoms with van der Waals surface area (Å²) in [5.74, 6) is -1.33. The van der Waals surface area contributed by atoms with Crippen LogP contribution in [0.2, 0.25) is 0 Å². The average molecular weight is 637 g/mol. The van der Waals surface area contributed by atoms with Gasteiger partial charge in [-0.3, -0.25) is 9.59 Å². The van der Waals surface area contributed by atoms with Gasteiger partial charge in [0.15, 0.2) is 0 Å². The van der Waals surface area contributed by atoms with E-state index in [4.69, 9.17) is 14.9 Å². The molecule has 0 bridgehead atoms. The van der Waals surface area contributed by atoms with E-state index in [1.54, 1.807) is 0 Å². The summed E-state index contributed by atoms with van der Waals surface area (Å²) in [5, 5.41) is 17.0. The van der Waals surface area contributed by atoms with E-state index in [0.29, 0.717) is 12.8 Å². The number of hydrogen-bond donors (Lipinski definition) is 2. The van der Waals surface area contributed by atoms with Crippen LogP contribution < -0.4 is 0 Å². The van der Waals surface area contributed by atoms with Gasteiger partial charge in [0, 0.05) is 26.1 Å². The van der Waals surface area contributed by atoms with Crippen molar-refractivity contribution in [1.29, 1.82) is 0 Å². The predicted molar refractivity (Wildman–Crippen MR) is 194 cm³/mol. The lowest BCUT2D eigenvalue weighted by atomic mass is 10.1. The van der Waals surface area contributed by atoms with Crippen LogP contribution in [0.5, 0.6) is 0 Å². The molecule has 0 aliphatic carbocycles. The molecule has 1 saturated heterocycles. The first kappa shape index (κ1) is 45.5. The van der Waals surface area contributed by atoms with Gasteiger partial charge in [-0.1, -0.05) is 141 Å². The van der Waals surface area contributed by atoms with Gasteiger partial charge in [-0.2, -0.15) is 0 Å². The number of aliphatic carboxylic acids is 2. The zero-order valence-electron chi connectivity index (χ0n) is 30.1. The first-order valence-corrected chi connectivity index (χ1v) is 19.4. The zero-order valence-corrected chi connectivity index (χ0v) is 30.1. The largest absolute Gasteiger partial charge is 0.481 e. The summed E-state index contributed by atoms with van der Waals surface area (Å²) in [6.45, 7) is 6.52. The Kier molecular flexibility index (Phi) is 42.9. The van der Waals surface area contributed by atoms with Crippen LogP contribution in [0.4, 0.5) is 0 Å². The van der Waals surface area contributed by atoms with E-state index in [-0.39, 0.29) is 0 Å². The normalized spacial score (nSPS) is 12.7. The van der Waals surface area contributed by atoms with E-state index in [2.05, 4.69) is 38.2 Å². The summed E-state index contributed by atoms with van der Waals surface area (Å²) in [6.07, 6.45) is 45.0. The molecule has 0 aromatic carbocycles. The van der Waals surface area contributed by atoms with Gasteiger partial charge in [0.05, 0.1) is 0 Å². The molecule has 2 N–H and O–H groups in total. The fourth-order valence-electron chi connectivity index (χ4n) is 5.20. The van der Waals surface area contributed by atoms with Crippen LogP contribution in [0.15, 0.2) is 24.3 Å². The standard InChI is InChI=1S/2C18H34O2.C4H8O/c2*1-2-3-4-5-6-7-8-9-10-11-12-13-14-15-16-17-18(19)20;1-2-4-5-3-1/h2*9-10H,2-8,11-17H2,1H3,(H,19,20);1-4H2/b2*10-9-;. The third kappa shape index (κ3) is 49.5. The minimum absolute atomic E-state index is 0.332. The molecule has 1 heterocycles. The Morgan fingerprint density at radius 3 is 0.956 bits per heavy atom. The minimum Gasteiger partial charge on any atom is -0.481 e. The van der Waals surface area contributed by atoms with Gasteiger partial charge in [0.2, 0.25) is 0 Å². The van der Waals surface area contributed by atoms with Crippen molar-refractivity contribution in [3.05, 3.63) is 24.3 Å². The molecule has 0 saturated carbocycles. The van der Waals surface area contributed by atoms with Crippen LogP contribution in [-0.2, 0) is 14.3 Å². The highest BCUT2D eigenvalue weighted by Crippen LogP contribution is 2.11. The summed E-state index contributed by atoms with van der Waals surface area (Å²) < 4.78 is 4.94. The Bertz CT molecular complexity index is 581. The van der Waals surface area contributed by atoms with Crippen LogP contribution in [0, 0.1) is 0 Å². The Morgan fingerprint density at radius 2 is 0.711 bits per heavy atom. The van der Waals surface area contributed by atoms with Crippen LogP contribution in [0.1, 0.15) is 206 Å². The molecule has 0 atom stereocenters. The van der Waals surface area contributed by atoms with Crippen molar-refractivity contribution < 1.29 is 24.5 Å². The second kappa shape index (κ2) is 42.4. The first-order chi connectivity index (χ1) is 22.0. The van der Waals surface area contributed by atoms with Crippen molar-refractivity contribution in [2.75, 3.05) is 13.2 Å². The highest BCUT2D eigenvalue weighted by atomic mass is 16.5. The number of allylic oxidation sites excluding steroid dienone is 4. The SMILES string of the molecule is C1CCOC1.CCCCCCCC/C=C\CCCCCCCC(=O)O.CCCCCCCC/C=C\CCCCCCCC(=O)O. The molecule has 1 aliphatic rings. The summed E-state index contributed by atoms with van der Waals surface area (Å²) in [7, 11) is 0. The van der Waals surface area contributed by atoms with E-state index < -0.39 is 11.9 Å². The van der Waals surface area contributed by atoms with Crippen LogP contribution >= 0.6 is 0 Å². The number of hydrogen-bond acceptors (Lipinski definition) is 3. The third-order valence-corrected chi connectivity index (χ3v) is 8.13. The molecular formula is C40H76O5. The minimum atomic E-state index is -0.664. The molecule has 1 rings (SSSR count). The molecule has 0 radical (unpaired) electrons. The molecule has 0 aromatic heterocycles. The van der Waals surface area contributed by atoms with Gasteiger partial charge < -0.3 is 14.9 Å². The molecule has 45 heavy (non-hydrogen) atoms. The number of ether oxygens (including phenoxy) is 1. The zero-order chi connectivity index (χ0) is 33.3. The van der Waals surface area contributed by atoms with Crippen molar-refractivity contribution in [2.24, 2.45) is 0 Å². The first-order valence-electron chi connectivity index (χ1n) is 19.4. The number of carbonyl (C=O) groups is 2. The Hall–Kier alpha value is -1.62. The summed E-state index contributed by atoms with van der Waals surface area (Å²) in [4.78, 5) is 20.6. The molecule has 266 valence electrons. The number of unbranched alkanes of at least 4 members (excludes halogenated alkanes) is 22. The Morgan fingerprint density at radius 1 is 0.444 bits per heavy atom. The van der Waals surface area contributed by atoms with Gasteiger partial charge in [0.25, 0.3) is 0 Å². The lowest BCUT2D eigenvalue weighted by molar-refractivity contribution is -0.138. The fourth-order valence-corrected chi connectivity index (χ4v) is 5.20. The van der Waals surface area contributed by atoms with E-state index in [1.165, 1.54) is 154 Å². The van der Waals surface area contributed by atoms with Crippen LogP contribution in [-0.4, -0.2) is 35.4 Å². The molecule has 0 spiro atoms. The highest BCUT2D eigenvalue weighted by molar-refractivity contribution is 5.66. The molecule has 0 aromatic rings. The van der Waals surface area contributed by atoms with Crippen LogP contribution in [0.3, 0.4) is 0 Å². The number of rotatable bonds is 30. The van der Waals surface area contributed by atoms with Gasteiger partial charge in [-0.25, -0.2) is 0 Å². The van der Waals surface area contributed by atoms with E-state index in [9.17, 15) is 9.59 Å². The smallest absolute Gasteiger partial charge is 0.303 e. The van der Waals surface area contributed by atoms with Crippen molar-refractivity contribution in [3.8, 4) is 0 Å². The van der Waals surface area contributed by atoms with Gasteiger partial charge >= 0.3 is 11.9 Å². The maximum atomic E-state index is 10.3. The summed E-state index contributed by atoms with van der Waals surface area (Å²) >= 11 is 0. The van der Waals surface area contributed by atoms with Gasteiger partial charge in [-0.15, -0.1) is 0 Å². The Balaban J connectivity index is 0. The van der Waals surface area contributed by atoms with E-state index in [0.717, 1.165) is 38.9 Å². The number of carboxylic acid groups (broad SMARTS) is 2. The number of carboxylic acids is 2.